The molecule has 0 aliphatic rings. The van der Waals surface area contributed by atoms with Crippen molar-refractivity contribution >= 4 is 0 Å². The van der Waals surface area contributed by atoms with Crippen LogP contribution in [-0.4, -0.2) is 14.2 Å². The fourth-order valence-electron chi connectivity index (χ4n) is 2.24. The number of benzene rings is 2. The van der Waals surface area contributed by atoms with Gasteiger partial charge in [0.05, 0.1) is 13.2 Å². The standard InChI is InChI=1S/C16H17F2NO/c1-10-4-6-13(17)12(8-10)16(19-2)11-5-7-14(18)15(9-11)20-3/h4-9,16,19H,1-3H3. The molecule has 0 aromatic heterocycles. The van der Waals surface area contributed by atoms with Gasteiger partial charge in [0.25, 0.3) is 0 Å². The number of rotatable bonds is 4. The zero-order chi connectivity index (χ0) is 14.7. The van der Waals surface area contributed by atoms with E-state index >= 15 is 0 Å². The maximum Gasteiger partial charge on any atom is 0.165 e. The second-order valence-corrected chi connectivity index (χ2v) is 4.64. The minimum absolute atomic E-state index is 0.149. The van der Waals surface area contributed by atoms with Crippen molar-refractivity contribution in [2.24, 2.45) is 0 Å². The number of methoxy groups -OCH3 is 1. The molecule has 20 heavy (non-hydrogen) atoms. The van der Waals surface area contributed by atoms with E-state index in [4.69, 9.17) is 4.74 Å². The number of ether oxygens (including phenoxy) is 1. The highest BCUT2D eigenvalue weighted by atomic mass is 19.1. The van der Waals surface area contributed by atoms with Gasteiger partial charge in [-0.2, -0.15) is 0 Å². The van der Waals surface area contributed by atoms with Crippen LogP contribution in [0, 0.1) is 18.6 Å². The van der Waals surface area contributed by atoms with Crippen molar-refractivity contribution in [2.75, 3.05) is 14.2 Å². The second-order valence-electron chi connectivity index (χ2n) is 4.64. The Morgan fingerprint density at radius 2 is 1.75 bits per heavy atom. The second kappa shape index (κ2) is 6.01. The van der Waals surface area contributed by atoms with Crippen LogP contribution in [0.15, 0.2) is 36.4 Å². The highest BCUT2D eigenvalue weighted by Gasteiger charge is 2.18. The van der Waals surface area contributed by atoms with Gasteiger partial charge in [0, 0.05) is 5.56 Å². The topological polar surface area (TPSA) is 21.3 Å². The molecule has 0 amide bonds. The summed E-state index contributed by atoms with van der Waals surface area (Å²) >= 11 is 0. The first kappa shape index (κ1) is 14.5. The van der Waals surface area contributed by atoms with E-state index in [9.17, 15) is 8.78 Å². The smallest absolute Gasteiger partial charge is 0.165 e. The summed E-state index contributed by atoms with van der Waals surface area (Å²) in [7, 11) is 3.14. The van der Waals surface area contributed by atoms with Crippen LogP contribution < -0.4 is 10.1 Å². The molecule has 2 aromatic carbocycles. The molecular formula is C16H17F2NO. The van der Waals surface area contributed by atoms with Crippen molar-refractivity contribution in [3.63, 3.8) is 0 Å². The van der Waals surface area contributed by atoms with Crippen LogP contribution in [0.1, 0.15) is 22.7 Å². The number of halogens is 2. The molecule has 0 bridgehead atoms. The van der Waals surface area contributed by atoms with Crippen LogP contribution in [-0.2, 0) is 0 Å². The van der Waals surface area contributed by atoms with Gasteiger partial charge in [0.15, 0.2) is 11.6 Å². The summed E-state index contributed by atoms with van der Waals surface area (Å²) in [6.45, 7) is 1.90. The van der Waals surface area contributed by atoms with Crippen molar-refractivity contribution in [1.82, 2.24) is 5.32 Å². The Bertz CT molecular complexity index is 613. The third kappa shape index (κ3) is 2.80. The van der Waals surface area contributed by atoms with Crippen molar-refractivity contribution in [1.29, 1.82) is 0 Å². The average molecular weight is 277 g/mol. The summed E-state index contributed by atoms with van der Waals surface area (Å²) in [6.07, 6.45) is 0. The largest absolute Gasteiger partial charge is 0.494 e. The molecule has 0 saturated heterocycles. The van der Waals surface area contributed by atoms with Gasteiger partial charge in [0.2, 0.25) is 0 Å². The lowest BCUT2D eigenvalue weighted by Gasteiger charge is -2.19. The molecule has 0 fully saturated rings. The molecule has 0 aliphatic carbocycles. The SMILES string of the molecule is CNC(c1ccc(F)c(OC)c1)c1cc(C)ccc1F. The van der Waals surface area contributed by atoms with Gasteiger partial charge in [-0.3, -0.25) is 0 Å². The van der Waals surface area contributed by atoms with Gasteiger partial charge in [-0.15, -0.1) is 0 Å². The highest BCUT2D eigenvalue weighted by molar-refractivity contribution is 5.39. The molecule has 2 aromatic rings. The average Bonchev–Trinajstić information content (AvgIpc) is 2.45. The molecule has 4 heteroatoms. The van der Waals surface area contributed by atoms with Gasteiger partial charge in [-0.1, -0.05) is 23.8 Å². The summed E-state index contributed by atoms with van der Waals surface area (Å²) in [5.41, 5.74) is 2.24. The maximum atomic E-state index is 14.0. The molecule has 2 rings (SSSR count). The Labute approximate surface area is 117 Å². The minimum Gasteiger partial charge on any atom is -0.494 e. The van der Waals surface area contributed by atoms with Gasteiger partial charge in [-0.25, -0.2) is 8.78 Å². The van der Waals surface area contributed by atoms with Crippen molar-refractivity contribution in [3.05, 3.63) is 64.7 Å². The Kier molecular flexibility index (Phi) is 4.35. The predicted molar refractivity (Wildman–Crippen MR) is 75.0 cm³/mol. The molecule has 1 N–H and O–H groups in total. The Balaban J connectivity index is 2.49. The maximum absolute atomic E-state index is 14.0. The lowest BCUT2D eigenvalue weighted by Crippen LogP contribution is -2.19. The molecule has 106 valence electrons. The van der Waals surface area contributed by atoms with Gasteiger partial charge in [0.1, 0.15) is 5.82 Å². The lowest BCUT2D eigenvalue weighted by atomic mass is 9.96. The van der Waals surface area contributed by atoms with E-state index in [0.29, 0.717) is 5.56 Å². The van der Waals surface area contributed by atoms with E-state index in [0.717, 1.165) is 11.1 Å². The van der Waals surface area contributed by atoms with E-state index in [1.165, 1.54) is 19.2 Å². The van der Waals surface area contributed by atoms with Crippen molar-refractivity contribution < 1.29 is 13.5 Å². The van der Waals surface area contributed by atoms with Crippen molar-refractivity contribution in [3.8, 4) is 5.75 Å². The summed E-state index contributed by atoms with van der Waals surface area (Å²) in [5, 5.41) is 3.06. The predicted octanol–water partition coefficient (Wildman–Crippen LogP) is 3.59. The number of aryl methyl sites for hydroxylation is 1. The molecule has 0 saturated carbocycles. The summed E-state index contributed by atoms with van der Waals surface area (Å²) in [6, 6.07) is 9.12. The lowest BCUT2D eigenvalue weighted by molar-refractivity contribution is 0.385. The van der Waals surface area contributed by atoms with Crippen LogP contribution in [0.5, 0.6) is 5.75 Å². The number of nitrogens with one attached hydrogen (secondary N) is 1. The third-order valence-electron chi connectivity index (χ3n) is 3.26. The van der Waals surface area contributed by atoms with E-state index in [1.807, 2.05) is 6.92 Å². The third-order valence-corrected chi connectivity index (χ3v) is 3.26. The van der Waals surface area contributed by atoms with Gasteiger partial charge >= 0.3 is 0 Å². The fraction of sp³-hybridized carbons (Fsp3) is 0.250. The molecule has 1 unspecified atom stereocenters. The first-order valence-corrected chi connectivity index (χ1v) is 6.33. The Morgan fingerprint density at radius 1 is 1.05 bits per heavy atom. The monoisotopic (exact) mass is 277 g/mol. The highest BCUT2D eigenvalue weighted by Crippen LogP contribution is 2.28. The quantitative estimate of drug-likeness (QED) is 0.922. The Morgan fingerprint density at radius 3 is 2.40 bits per heavy atom. The summed E-state index contributed by atoms with van der Waals surface area (Å²) in [4.78, 5) is 0. The summed E-state index contributed by atoms with van der Waals surface area (Å²) in [5.74, 6) is -0.579. The van der Waals surface area contributed by atoms with E-state index < -0.39 is 5.82 Å². The van der Waals surface area contributed by atoms with Crippen LogP contribution in [0.4, 0.5) is 8.78 Å². The minimum atomic E-state index is -0.434. The zero-order valence-electron chi connectivity index (χ0n) is 11.7. The number of hydrogen-bond acceptors (Lipinski definition) is 2. The van der Waals surface area contributed by atoms with Crippen LogP contribution >= 0.6 is 0 Å². The molecular weight excluding hydrogens is 260 g/mol. The number of hydrogen-bond donors (Lipinski definition) is 1. The fourth-order valence-corrected chi connectivity index (χ4v) is 2.24. The van der Waals surface area contributed by atoms with E-state index in [-0.39, 0.29) is 17.6 Å². The van der Waals surface area contributed by atoms with Crippen LogP contribution in [0.2, 0.25) is 0 Å². The molecule has 0 aliphatic heterocycles. The van der Waals surface area contributed by atoms with E-state index in [2.05, 4.69) is 5.32 Å². The van der Waals surface area contributed by atoms with Crippen LogP contribution in [0.25, 0.3) is 0 Å². The van der Waals surface area contributed by atoms with Gasteiger partial charge < -0.3 is 10.1 Å². The molecule has 0 radical (unpaired) electrons. The first-order chi connectivity index (χ1) is 9.56. The first-order valence-electron chi connectivity index (χ1n) is 6.33. The molecule has 0 spiro atoms. The molecule has 0 heterocycles. The van der Waals surface area contributed by atoms with E-state index in [1.54, 1.807) is 31.3 Å². The van der Waals surface area contributed by atoms with Crippen LogP contribution in [0.3, 0.4) is 0 Å². The molecule has 1 atom stereocenters. The van der Waals surface area contributed by atoms with Gasteiger partial charge in [-0.05, 0) is 37.7 Å². The zero-order valence-corrected chi connectivity index (χ0v) is 11.7. The molecule has 2 nitrogen and oxygen atoms in total. The van der Waals surface area contributed by atoms with Crippen molar-refractivity contribution in [2.45, 2.75) is 13.0 Å². The normalized spacial score (nSPS) is 12.2. The Hall–Kier alpha value is -1.94. The summed E-state index contributed by atoms with van der Waals surface area (Å²) < 4.78 is 32.4.